The zero-order chi connectivity index (χ0) is 19.9. The quantitative estimate of drug-likeness (QED) is 0.270. The highest BCUT2D eigenvalue weighted by molar-refractivity contribution is 14.0. The highest BCUT2D eigenvalue weighted by atomic mass is 127. The SMILES string of the molecule is CCOC(=O)C1CCCN(C(=NC)NCC(c2ccc(C)o2)N2CCCC2)C1.I. The molecule has 0 saturated carbocycles. The molecule has 0 spiro atoms. The first-order valence-corrected chi connectivity index (χ1v) is 10.5. The fourth-order valence-electron chi connectivity index (χ4n) is 4.24. The molecular weight excluding hydrogens is 483 g/mol. The number of piperidine rings is 1. The molecule has 1 aromatic heterocycles. The molecule has 1 aromatic rings. The first kappa shape index (κ1) is 24.0. The molecule has 0 radical (unpaired) electrons. The normalized spacial score (nSPS) is 21.6. The molecule has 2 atom stereocenters. The summed E-state index contributed by atoms with van der Waals surface area (Å²) in [6, 6.07) is 4.31. The van der Waals surface area contributed by atoms with Gasteiger partial charge in [-0.05, 0) is 64.8 Å². The van der Waals surface area contributed by atoms with Gasteiger partial charge >= 0.3 is 5.97 Å². The Kier molecular flexibility index (Phi) is 9.74. The second-order valence-electron chi connectivity index (χ2n) is 7.67. The number of nitrogens with zero attached hydrogens (tertiary/aromatic N) is 3. The zero-order valence-corrected chi connectivity index (χ0v) is 20.2. The van der Waals surface area contributed by atoms with Crippen molar-refractivity contribution in [3.05, 3.63) is 23.7 Å². The van der Waals surface area contributed by atoms with Crippen molar-refractivity contribution >= 4 is 35.9 Å². The van der Waals surface area contributed by atoms with Crippen LogP contribution in [0.15, 0.2) is 21.5 Å². The van der Waals surface area contributed by atoms with E-state index in [0.29, 0.717) is 13.2 Å². The molecule has 2 aliphatic rings. The molecule has 0 bridgehead atoms. The summed E-state index contributed by atoms with van der Waals surface area (Å²) < 4.78 is 11.2. The Morgan fingerprint density at radius 3 is 2.69 bits per heavy atom. The Bertz CT molecular complexity index is 673. The van der Waals surface area contributed by atoms with Crippen LogP contribution in [0, 0.1) is 12.8 Å². The van der Waals surface area contributed by atoms with E-state index in [0.717, 1.165) is 56.5 Å². The Morgan fingerprint density at radius 1 is 1.31 bits per heavy atom. The summed E-state index contributed by atoms with van der Waals surface area (Å²) in [4.78, 5) is 21.3. The lowest BCUT2D eigenvalue weighted by Gasteiger charge is -2.35. The lowest BCUT2D eigenvalue weighted by atomic mass is 9.98. The van der Waals surface area contributed by atoms with Gasteiger partial charge in [0.25, 0.3) is 0 Å². The second-order valence-corrected chi connectivity index (χ2v) is 7.67. The van der Waals surface area contributed by atoms with E-state index in [2.05, 4.69) is 26.2 Å². The molecule has 2 fully saturated rings. The van der Waals surface area contributed by atoms with Crippen LogP contribution in [0.2, 0.25) is 0 Å². The highest BCUT2D eigenvalue weighted by Gasteiger charge is 2.30. The monoisotopic (exact) mass is 518 g/mol. The molecule has 1 N–H and O–H groups in total. The molecular formula is C21H35IN4O3. The minimum absolute atomic E-state index is 0. The predicted octanol–water partition coefficient (Wildman–Crippen LogP) is 3.19. The number of carbonyl (C=O) groups excluding carboxylic acids is 1. The standard InChI is InChI=1S/C21H34N4O3.HI/c1-4-27-20(26)17-8-7-13-25(15-17)21(22-3)23-14-18(24-11-5-6-12-24)19-10-9-16(2)28-19;/h9-10,17-18H,4-8,11-15H2,1-3H3,(H,22,23);1H. The number of ether oxygens (including phenoxy) is 1. The highest BCUT2D eigenvalue weighted by Crippen LogP contribution is 2.26. The van der Waals surface area contributed by atoms with E-state index < -0.39 is 0 Å². The van der Waals surface area contributed by atoms with Crippen molar-refractivity contribution in [1.29, 1.82) is 0 Å². The van der Waals surface area contributed by atoms with Gasteiger partial charge in [0, 0.05) is 26.7 Å². The molecule has 2 aliphatic heterocycles. The lowest BCUT2D eigenvalue weighted by Crippen LogP contribution is -2.49. The van der Waals surface area contributed by atoms with E-state index in [4.69, 9.17) is 9.15 Å². The van der Waals surface area contributed by atoms with Crippen molar-refractivity contribution in [3.63, 3.8) is 0 Å². The minimum atomic E-state index is -0.0938. The minimum Gasteiger partial charge on any atom is -0.466 e. The third kappa shape index (κ3) is 6.34. The van der Waals surface area contributed by atoms with Crippen molar-refractivity contribution in [3.8, 4) is 0 Å². The molecule has 8 heteroatoms. The Labute approximate surface area is 191 Å². The summed E-state index contributed by atoms with van der Waals surface area (Å²) in [6.45, 7) is 8.77. The van der Waals surface area contributed by atoms with Gasteiger partial charge in [-0.15, -0.1) is 24.0 Å². The van der Waals surface area contributed by atoms with Gasteiger partial charge < -0.3 is 19.4 Å². The lowest BCUT2D eigenvalue weighted by molar-refractivity contribution is -0.149. The van der Waals surface area contributed by atoms with Gasteiger partial charge in [0.1, 0.15) is 11.5 Å². The summed E-state index contributed by atoms with van der Waals surface area (Å²) in [5.74, 6) is 2.63. The van der Waals surface area contributed by atoms with Crippen LogP contribution < -0.4 is 5.32 Å². The molecule has 29 heavy (non-hydrogen) atoms. The third-order valence-electron chi connectivity index (χ3n) is 5.68. The number of esters is 1. The number of rotatable bonds is 6. The van der Waals surface area contributed by atoms with Gasteiger partial charge in [-0.1, -0.05) is 0 Å². The van der Waals surface area contributed by atoms with Crippen molar-refractivity contribution in [1.82, 2.24) is 15.1 Å². The number of hydrogen-bond acceptors (Lipinski definition) is 5. The van der Waals surface area contributed by atoms with E-state index >= 15 is 0 Å². The number of likely N-dealkylation sites (tertiary alicyclic amines) is 2. The van der Waals surface area contributed by atoms with Crippen molar-refractivity contribution in [2.45, 2.75) is 45.6 Å². The first-order chi connectivity index (χ1) is 13.6. The van der Waals surface area contributed by atoms with Crippen LogP contribution in [-0.2, 0) is 9.53 Å². The largest absolute Gasteiger partial charge is 0.466 e. The Hall–Kier alpha value is -1.29. The Morgan fingerprint density at radius 2 is 2.07 bits per heavy atom. The summed E-state index contributed by atoms with van der Waals surface area (Å²) >= 11 is 0. The van der Waals surface area contributed by atoms with Crippen molar-refractivity contribution in [2.75, 3.05) is 46.4 Å². The van der Waals surface area contributed by atoms with Gasteiger partial charge in [-0.25, -0.2) is 0 Å². The van der Waals surface area contributed by atoms with Crippen LogP contribution in [0.1, 0.15) is 50.2 Å². The van der Waals surface area contributed by atoms with E-state index in [1.54, 1.807) is 7.05 Å². The fourth-order valence-corrected chi connectivity index (χ4v) is 4.24. The summed E-state index contributed by atoms with van der Waals surface area (Å²) in [7, 11) is 1.80. The van der Waals surface area contributed by atoms with Crippen LogP contribution in [0.5, 0.6) is 0 Å². The van der Waals surface area contributed by atoms with Crippen LogP contribution in [-0.4, -0.2) is 68.1 Å². The molecule has 0 amide bonds. The predicted molar refractivity (Wildman–Crippen MR) is 125 cm³/mol. The number of guanidine groups is 1. The number of aliphatic imine (C=N–C) groups is 1. The fraction of sp³-hybridized carbons (Fsp3) is 0.714. The number of carbonyl (C=O) groups is 1. The van der Waals surface area contributed by atoms with Gasteiger partial charge in [-0.2, -0.15) is 0 Å². The first-order valence-electron chi connectivity index (χ1n) is 10.5. The van der Waals surface area contributed by atoms with Crippen LogP contribution in [0.25, 0.3) is 0 Å². The molecule has 7 nitrogen and oxygen atoms in total. The maximum atomic E-state index is 12.2. The van der Waals surface area contributed by atoms with E-state index in [1.807, 2.05) is 19.9 Å². The molecule has 0 aromatic carbocycles. The molecule has 0 aliphatic carbocycles. The van der Waals surface area contributed by atoms with Gasteiger partial charge in [-0.3, -0.25) is 14.7 Å². The summed E-state index contributed by atoms with van der Waals surface area (Å²) in [5, 5.41) is 3.54. The van der Waals surface area contributed by atoms with Crippen LogP contribution >= 0.6 is 24.0 Å². The van der Waals surface area contributed by atoms with Gasteiger partial charge in [0.05, 0.1) is 18.6 Å². The molecule has 164 valence electrons. The van der Waals surface area contributed by atoms with E-state index in [-0.39, 0.29) is 41.9 Å². The van der Waals surface area contributed by atoms with Gasteiger partial charge in [0.2, 0.25) is 0 Å². The average Bonchev–Trinajstić information content (AvgIpc) is 3.38. The van der Waals surface area contributed by atoms with Crippen LogP contribution in [0.3, 0.4) is 0 Å². The number of nitrogens with one attached hydrogen (secondary N) is 1. The molecule has 2 saturated heterocycles. The average molecular weight is 518 g/mol. The number of hydrogen-bond donors (Lipinski definition) is 1. The number of aryl methyl sites for hydroxylation is 1. The number of halogens is 1. The number of furan rings is 1. The topological polar surface area (TPSA) is 70.3 Å². The van der Waals surface area contributed by atoms with Crippen molar-refractivity contribution in [2.24, 2.45) is 10.9 Å². The van der Waals surface area contributed by atoms with Crippen LogP contribution in [0.4, 0.5) is 0 Å². The zero-order valence-electron chi connectivity index (χ0n) is 17.9. The maximum absolute atomic E-state index is 12.2. The summed E-state index contributed by atoms with van der Waals surface area (Å²) in [5.41, 5.74) is 0. The molecule has 2 unspecified atom stereocenters. The maximum Gasteiger partial charge on any atom is 0.310 e. The smallest absolute Gasteiger partial charge is 0.310 e. The third-order valence-corrected chi connectivity index (χ3v) is 5.68. The molecule has 3 heterocycles. The van der Waals surface area contributed by atoms with Gasteiger partial charge in [0.15, 0.2) is 5.96 Å². The van der Waals surface area contributed by atoms with Crippen molar-refractivity contribution < 1.29 is 13.9 Å². The van der Waals surface area contributed by atoms with E-state index in [1.165, 1.54) is 12.8 Å². The second kappa shape index (κ2) is 11.8. The molecule has 3 rings (SSSR count). The Balaban J connectivity index is 0.00000300. The summed E-state index contributed by atoms with van der Waals surface area (Å²) in [6.07, 6.45) is 4.32. The van der Waals surface area contributed by atoms with E-state index in [9.17, 15) is 4.79 Å².